The molecule has 1 amide bonds. The summed E-state index contributed by atoms with van der Waals surface area (Å²) in [5, 5.41) is 2.99. The number of amides is 1. The maximum Gasteiger partial charge on any atom is 0.255 e. The molecule has 3 aromatic rings. The van der Waals surface area contributed by atoms with Crippen molar-refractivity contribution in [2.75, 3.05) is 5.32 Å². The number of rotatable bonds is 4. The molecule has 0 aliphatic carbocycles. The van der Waals surface area contributed by atoms with Crippen LogP contribution in [0.15, 0.2) is 85.4 Å². The third-order valence-corrected chi connectivity index (χ3v) is 3.87. The molecule has 0 fully saturated rings. The smallest absolute Gasteiger partial charge is 0.255 e. The summed E-state index contributed by atoms with van der Waals surface area (Å²) < 4.78 is 0. The Balaban J connectivity index is 1.94. The molecular weight excluding hydrogens is 294 g/mol. The summed E-state index contributed by atoms with van der Waals surface area (Å²) in [6.07, 6.45) is 0. The van der Waals surface area contributed by atoms with Crippen LogP contribution in [-0.4, -0.2) is 5.91 Å². The van der Waals surface area contributed by atoms with Crippen molar-refractivity contribution in [1.29, 1.82) is 0 Å². The number of benzene rings is 3. The van der Waals surface area contributed by atoms with Gasteiger partial charge in [0.05, 0.1) is 0 Å². The first-order valence-electron chi connectivity index (χ1n) is 7.87. The predicted molar refractivity (Wildman–Crippen MR) is 101 cm³/mol. The maximum atomic E-state index is 12.4. The second-order valence-corrected chi connectivity index (χ2v) is 5.73. The Morgan fingerprint density at radius 1 is 0.833 bits per heavy atom. The van der Waals surface area contributed by atoms with Crippen LogP contribution in [0.5, 0.6) is 0 Å². The van der Waals surface area contributed by atoms with Gasteiger partial charge in [-0.2, -0.15) is 0 Å². The highest BCUT2D eigenvalue weighted by molar-refractivity contribution is 6.05. The molecule has 0 bridgehead atoms. The molecule has 0 saturated carbocycles. The van der Waals surface area contributed by atoms with Crippen LogP contribution in [0, 0.1) is 0 Å². The Morgan fingerprint density at radius 3 is 2.08 bits per heavy atom. The molecule has 0 saturated heterocycles. The van der Waals surface area contributed by atoms with Crippen LogP contribution >= 0.6 is 0 Å². The lowest BCUT2D eigenvalue weighted by molar-refractivity contribution is 0.102. The van der Waals surface area contributed by atoms with E-state index in [0.717, 1.165) is 28.0 Å². The summed E-state index contributed by atoms with van der Waals surface area (Å²) >= 11 is 0. The second-order valence-electron chi connectivity index (χ2n) is 5.73. The molecule has 3 rings (SSSR count). The normalized spacial score (nSPS) is 10.2. The fourth-order valence-electron chi connectivity index (χ4n) is 2.60. The molecular formula is C22H19NO. The zero-order valence-corrected chi connectivity index (χ0v) is 13.6. The van der Waals surface area contributed by atoms with Crippen LogP contribution in [0.1, 0.15) is 22.8 Å². The summed E-state index contributed by atoms with van der Waals surface area (Å²) in [6, 6.07) is 25.4. The van der Waals surface area contributed by atoms with E-state index in [2.05, 4.69) is 30.1 Å². The Morgan fingerprint density at radius 2 is 1.46 bits per heavy atom. The van der Waals surface area contributed by atoms with Crippen LogP contribution in [0.4, 0.5) is 5.69 Å². The van der Waals surface area contributed by atoms with Crippen LogP contribution < -0.4 is 5.32 Å². The average Bonchev–Trinajstić information content (AvgIpc) is 2.63. The molecule has 0 aliphatic heterocycles. The van der Waals surface area contributed by atoms with Gasteiger partial charge in [0.15, 0.2) is 0 Å². The first kappa shape index (κ1) is 15.8. The third-order valence-electron chi connectivity index (χ3n) is 3.87. The molecule has 0 atom stereocenters. The van der Waals surface area contributed by atoms with Crippen LogP contribution in [0.25, 0.3) is 16.7 Å². The van der Waals surface area contributed by atoms with E-state index in [-0.39, 0.29) is 5.91 Å². The van der Waals surface area contributed by atoms with Crippen molar-refractivity contribution in [2.45, 2.75) is 6.92 Å². The van der Waals surface area contributed by atoms with Gasteiger partial charge in [-0.25, -0.2) is 0 Å². The van der Waals surface area contributed by atoms with Gasteiger partial charge >= 0.3 is 0 Å². The summed E-state index contributed by atoms with van der Waals surface area (Å²) in [5.41, 5.74) is 5.51. The zero-order chi connectivity index (χ0) is 16.9. The molecule has 2 heteroatoms. The minimum absolute atomic E-state index is 0.120. The molecule has 0 aliphatic rings. The van der Waals surface area contributed by atoms with E-state index in [4.69, 9.17) is 0 Å². The molecule has 0 aromatic heterocycles. The topological polar surface area (TPSA) is 29.1 Å². The lowest BCUT2D eigenvalue weighted by Crippen LogP contribution is -2.12. The lowest BCUT2D eigenvalue weighted by Gasteiger charge is -2.13. The van der Waals surface area contributed by atoms with E-state index in [9.17, 15) is 4.79 Å². The largest absolute Gasteiger partial charge is 0.321 e. The molecule has 1 N–H and O–H groups in total. The standard InChI is InChI=1S/C22H19NO/c1-16(2)20-15-19(17-9-5-3-6-10-17)13-14-21(20)23-22(24)18-11-7-4-8-12-18/h3-15H,1H2,2H3,(H,23,24). The maximum absolute atomic E-state index is 12.4. The van der Waals surface area contributed by atoms with E-state index in [1.807, 2.05) is 55.5 Å². The molecule has 2 nitrogen and oxygen atoms in total. The van der Waals surface area contributed by atoms with Gasteiger partial charge < -0.3 is 5.32 Å². The van der Waals surface area contributed by atoms with E-state index in [1.54, 1.807) is 12.1 Å². The molecule has 0 heterocycles. The number of hydrogen-bond acceptors (Lipinski definition) is 1. The number of nitrogens with one attached hydrogen (secondary N) is 1. The first-order valence-corrected chi connectivity index (χ1v) is 7.87. The van der Waals surface area contributed by atoms with Crippen molar-refractivity contribution in [3.05, 3.63) is 96.6 Å². The Labute approximate surface area is 142 Å². The Kier molecular flexibility index (Phi) is 4.57. The second kappa shape index (κ2) is 6.97. The number of carbonyl (C=O) groups excluding carboxylic acids is 1. The minimum atomic E-state index is -0.120. The van der Waals surface area contributed by atoms with Crippen molar-refractivity contribution in [3.63, 3.8) is 0 Å². The summed E-state index contributed by atoms with van der Waals surface area (Å²) in [7, 11) is 0. The quantitative estimate of drug-likeness (QED) is 0.663. The van der Waals surface area contributed by atoms with Crippen LogP contribution in [0.2, 0.25) is 0 Å². The predicted octanol–water partition coefficient (Wildman–Crippen LogP) is 5.64. The molecule has 118 valence electrons. The summed E-state index contributed by atoms with van der Waals surface area (Å²) in [6.45, 7) is 6.00. The van der Waals surface area contributed by atoms with E-state index in [1.165, 1.54) is 0 Å². The molecule has 0 radical (unpaired) electrons. The number of anilines is 1. The van der Waals surface area contributed by atoms with Gasteiger partial charge in [-0.15, -0.1) is 0 Å². The lowest BCUT2D eigenvalue weighted by atomic mass is 9.98. The highest BCUT2D eigenvalue weighted by atomic mass is 16.1. The molecule has 24 heavy (non-hydrogen) atoms. The fourth-order valence-corrected chi connectivity index (χ4v) is 2.60. The van der Waals surface area contributed by atoms with Gasteiger partial charge in [0.1, 0.15) is 0 Å². The first-order chi connectivity index (χ1) is 11.6. The average molecular weight is 313 g/mol. The zero-order valence-electron chi connectivity index (χ0n) is 13.6. The monoisotopic (exact) mass is 313 g/mol. The van der Waals surface area contributed by atoms with Crippen molar-refractivity contribution < 1.29 is 4.79 Å². The minimum Gasteiger partial charge on any atom is -0.321 e. The Hall–Kier alpha value is -3.13. The van der Waals surface area contributed by atoms with Gasteiger partial charge in [0.2, 0.25) is 0 Å². The highest BCUT2D eigenvalue weighted by Crippen LogP contribution is 2.29. The van der Waals surface area contributed by atoms with Crippen molar-refractivity contribution in [3.8, 4) is 11.1 Å². The van der Waals surface area contributed by atoms with Crippen molar-refractivity contribution in [2.24, 2.45) is 0 Å². The van der Waals surface area contributed by atoms with Crippen LogP contribution in [0.3, 0.4) is 0 Å². The SMILES string of the molecule is C=C(C)c1cc(-c2ccccc2)ccc1NC(=O)c1ccccc1. The molecule has 3 aromatic carbocycles. The van der Waals surface area contributed by atoms with Gasteiger partial charge in [-0.05, 0) is 47.9 Å². The van der Waals surface area contributed by atoms with E-state index < -0.39 is 0 Å². The van der Waals surface area contributed by atoms with Gasteiger partial charge in [0.25, 0.3) is 5.91 Å². The van der Waals surface area contributed by atoms with Crippen molar-refractivity contribution >= 4 is 17.2 Å². The summed E-state index contributed by atoms with van der Waals surface area (Å²) in [4.78, 5) is 12.4. The fraction of sp³-hybridized carbons (Fsp3) is 0.0455. The number of allylic oxidation sites excluding steroid dienone is 1. The number of hydrogen-bond donors (Lipinski definition) is 1. The van der Waals surface area contributed by atoms with Crippen molar-refractivity contribution in [1.82, 2.24) is 0 Å². The van der Waals surface area contributed by atoms with Gasteiger partial charge in [-0.3, -0.25) is 4.79 Å². The van der Waals surface area contributed by atoms with E-state index in [0.29, 0.717) is 5.56 Å². The number of carbonyl (C=O) groups is 1. The summed E-state index contributed by atoms with van der Waals surface area (Å²) in [5.74, 6) is -0.120. The Bertz CT molecular complexity index is 867. The molecule has 0 unspecified atom stereocenters. The van der Waals surface area contributed by atoms with Crippen LogP contribution in [-0.2, 0) is 0 Å². The van der Waals surface area contributed by atoms with E-state index >= 15 is 0 Å². The molecule has 0 spiro atoms. The van der Waals surface area contributed by atoms with Gasteiger partial charge in [-0.1, -0.05) is 61.2 Å². The highest BCUT2D eigenvalue weighted by Gasteiger charge is 2.10. The van der Waals surface area contributed by atoms with Gasteiger partial charge in [0, 0.05) is 16.8 Å². The third kappa shape index (κ3) is 3.44.